The number of benzene rings is 1. The summed E-state index contributed by atoms with van der Waals surface area (Å²) in [5.74, 6) is -1.07. The molecule has 0 aliphatic carbocycles. The Bertz CT molecular complexity index is 902. The van der Waals surface area contributed by atoms with E-state index in [1.807, 2.05) is 0 Å². The molecule has 0 fully saturated rings. The zero-order valence-corrected chi connectivity index (χ0v) is 14.4. The molecular weight excluding hydrogens is 389 g/mol. The number of ether oxygens (including phenoxy) is 2. The molecule has 1 aromatic heterocycles. The summed E-state index contributed by atoms with van der Waals surface area (Å²) in [4.78, 5) is 27.3. The molecule has 27 heavy (non-hydrogen) atoms. The van der Waals surface area contributed by atoms with E-state index in [-0.39, 0.29) is 16.4 Å². The largest absolute Gasteiger partial charge is 0.493 e. The highest BCUT2D eigenvalue weighted by Gasteiger charge is 2.31. The van der Waals surface area contributed by atoms with E-state index in [1.165, 1.54) is 6.07 Å². The van der Waals surface area contributed by atoms with E-state index in [9.17, 15) is 22.8 Å². The molecule has 1 aromatic carbocycles. The molecule has 0 radical (unpaired) electrons. The van der Waals surface area contributed by atoms with Crippen molar-refractivity contribution in [2.75, 3.05) is 18.5 Å². The summed E-state index contributed by atoms with van der Waals surface area (Å²) in [5.41, 5.74) is 0.0879. The Kier molecular flexibility index (Phi) is 5.22. The fourth-order valence-electron chi connectivity index (χ4n) is 2.38. The lowest BCUT2D eigenvalue weighted by atomic mass is 10.1. The number of carbonyl (C=O) groups is 2. The average Bonchev–Trinajstić information content (AvgIpc) is 3.08. The number of carbonyl (C=O) groups excluding carboxylic acids is 2. The molecule has 1 aliphatic rings. The molecule has 0 saturated carbocycles. The number of hydrogen-bond acceptors (Lipinski definition) is 5. The number of hydrogen-bond donors (Lipinski definition) is 1. The van der Waals surface area contributed by atoms with Crippen LogP contribution in [0.1, 0.15) is 21.5 Å². The third kappa shape index (κ3) is 4.48. The van der Waals surface area contributed by atoms with Gasteiger partial charge in [0, 0.05) is 12.6 Å². The first-order valence-electron chi connectivity index (χ1n) is 7.69. The van der Waals surface area contributed by atoms with Crippen molar-refractivity contribution in [3.05, 3.63) is 52.2 Å². The molecule has 2 heterocycles. The molecule has 10 heteroatoms. The topological polar surface area (TPSA) is 77.5 Å². The maximum absolute atomic E-state index is 12.6. The number of alkyl halides is 3. The van der Waals surface area contributed by atoms with Crippen LogP contribution in [-0.4, -0.2) is 30.1 Å². The Morgan fingerprint density at radius 1 is 1.30 bits per heavy atom. The van der Waals surface area contributed by atoms with Crippen molar-refractivity contribution < 1.29 is 32.2 Å². The van der Waals surface area contributed by atoms with Crippen molar-refractivity contribution in [2.24, 2.45) is 0 Å². The minimum atomic E-state index is -4.60. The zero-order valence-electron chi connectivity index (χ0n) is 13.6. The number of anilines is 1. The number of esters is 1. The quantitative estimate of drug-likeness (QED) is 0.795. The molecule has 0 atom stereocenters. The molecule has 0 unspecified atom stereocenters. The normalized spacial score (nSPS) is 12.9. The van der Waals surface area contributed by atoms with Crippen molar-refractivity contribution >= 4 is 29.3 Å². The van der Waals surface area contributed by atoms with Gasteiger partial charge in [-0.1, -0.05) is 11.6 Å². The lowest BCUT2D eigenvalue weighted by Crippen LogP contribution is -2.22. The van der Waals surface area contributed by atoms with Crippen LogP contribution >= 0.6 is 11.6 Å². The Labute approximate surface area is 156 Å². The summed E-state index contributed by atoms with van der Waals surface area (Å²) in [6, 6.07) is 5.42. The van der Waals surface area contributed by atoms with Crippen molar-refractivity contribution in [1.82, 2.24) is 4.98 Å². The van der Waals surface area contributed by atoms with Gasteiger partial charge in [-0.15, -0.1) is 0 Å². The molecule has 0 bridgehead atoms. The summed E-state index contributed by atoms with van der Waals surface area (Å²) < 4.78 is 47.9. The number of amides is 1. The zero-order chi connectivity index (χ0) is 19.6. The predicted octanol–water partition coefficient (Wildman–Crippen LogP) is 3.48. The van der Waals surface area contributed by atoms with Gasteiger partial charge in [0.1, 0.15) is 5.75 Å². The maximum Gasteiger partial charge on any atom is 0.417 e. The first kappa shape index (κ1) is 19.0. The van der Waals surface area contributed by atoms with Gasteiger partial charge in [-0.25, -0.2) is 9.78 Å². The van der Waals surface area contributed by atoms with Gasteiger partial charge in [-0.2, -0.15) is 13.2 Å². The van der Waals surface area contributed by atoms with Crippen LogP contribution in [0.2, 0.25) is 5.02 Å². The minimum absolute atomic E-state index is 0.262. The standard InChI is InChI=1S/C17H12ClF3N2O4/c18-12-6-11(17(19,20)21)7-22-15(12)23-14(24)8-27-16(25)10-1-2-13-9(5-10)3-4-26-13/h1-2,5-7H,3-4,8H2,(H,22,23,24). The number of nitrogens with one attached hydrogen (secondary N) is 1. The van der Waals surface area contributed by atoms with Crippen molar-refractivity contribution in [3.63, 3.8) is 0 Å². The number of nitrogens with zero attached hydrogens (tertiary/aromatic N) is 1. The lowest BCUT2D eigenvalue weighted by Gasteiger charge is -2.10. The Hall–Kier alpha value is -2.81. The fraction of sp³-hybridized carbons (Fsp3) is 0.235. The Morgan fingerprint density at radius 3 is 2.78 bits per heavy atom. The minimum Gasteiger partial charge on any atom is -0.493 e. The van der Waals surface area contributed by atoms with E-state index in [0.29, 0.717) is 31.0 Å². The SMILES string of the molecule is O=C(COC(=O)c1ccc2c(c1)CCO2)Nc1ncc(C(F)(F)F)cc1Cl. The highest BCUT2D eigenvalue weighted by atomic mass is 35.5. The molecule has 6 nitrogen and oxygen atoms in total. The maximum atomic E-state index is 12.6. The lowest BCUT2D eigenvalue weighted by molar-refractivity contribution is -0.137. The Morgan fingerprint density at radius 2 is 2.07 bits per heavy atom. The van der Waals surface area contributed by atoms with E-state index in [1.54, 1.807) is 12.1 Å². The van der Waals surface area contributed by atoms with Crippen LogP contribution in [0.15, 0.2) is 30.5 Å². The molecule has 2 aromatic rings. The van der Waals surface area contributed by atoms with Crippen LogP contribution in [0.4, 0.5) is 19.0 Å². The summed E-state index contributed by atoms with van der Waals surface area (Å²) in [6.45, 7) is -0.109. The highest BCUT2D eigenvalue weighted by Crippen LogP contribution is 2.32. The molecule has 3 rings (SSSR count). The second kappa shape index (κ2) is 7.43. The van der Waals surface area contributed by atoms with Gasteiger partial charge in [-0.3, -0.25) is 4.79 Å². The first-order valence-corrected chi connectivity index (χ1v) is 8.07. The van der Waals surface area contributed by atoms with E-state index < -0.39 is 30.2 Å². The predicted molar refractivity (Wildman–Crippen MR) is 88.8 cm³/mol. The number of pyridine rings is 1. The molecule has 1 N–H and O–H groups in total. The van der Waals surface area contributed by atoms with Crippen LogP contribution in [0.3, 0.4) is 0 Å². The second-order valence-corrected chi connectivity index (χ2v) is 6.00. The van der Waals surface area contributed by atoms with Crippen LogP contribution < -0.4 is 10.1 Å². The number of aromatic nitrogens is 1. The van der Waals surface area contributed by atoms with Crippen molar-refractivity contribution in [2.45, 2.75) is 12.6 Å². The monoisotopic (exact) mass is 400 g/mol. The van der Waals surface area contributed by atoms with E-state index in [0.717, 1.165) is 5.56 Å². The number of halogens is 4. The molecule has 142 valence electrons. The second-order valence-electron chi connectivity index (χ2n) is 5.60. The molecule has 0 spiro atoms. The third-order valence-electron chi connectivity index (χ3n) is 3.69. The van der Waals surface area contributed by atoms with E-state index in [2.05, 4.69) is 10.3 Å². The summed E-state index contributed by atoms with van der Waals surface area (Å²) in [6.07, 6.45) is -3.38. The van der Waals surface area contributed by atoms with Crippen LogP contribution in [0, 0.1) is 0 Å². The Balaban J connectivity index is 1.57. The molecule has 1 amide bonds. The molecular formula is C17H12ClF3N2O4. The number of fused-ring (bicyclic) bond motifs is 1. The van der Waals surface area contributed by atoms with Gasteiger partial charge in [0.2, 0.25) is 0 Å². The summed E-state index contributed by atoms with van der Waals surface area (Å²) in [7, 11) is 0. The number of rotatable bonds is 4. The van der Waals surface area contributed by atoms with E-state index >= 15 is 0 Å². The van der Waals surface area contributed by atoms with Gasteiger partial charge in [0.15, 0.2) is 12.4 Å². The first-order chi connectivity index (χ1) is 12.7. The smallest absolute Gasteiger partial charge is 0.417 e. The van der Waals surface area contributed by atoms with Crippen molar-refractivity contribution in [3.8, 4) is 5.75 Å². The summed E-state index contributed by atoms with van der Waals surface area (Å²) in [5, 5.41) is 1.80. The molecule has 1 aliphatic heterocycles. The molecule has 0 saturated heterocycles. The average molecular weight is 401 g/mol. The van der Waals surface area contributed by atoms with Gasteiger partial charge >= 0.3 is 12.1 Å². The van der Waals surface area contributed by atoms with Gasteiger partial charge < -0.3 is 14.8 Å². The van der Waals surface area contributed by atoms with Gasteiger partial charge in [0.25, 0.3) is 5.91 Å². The van der Waals surface area contributed by atoms with Crippen LogP contribution in [0.5, 0.6) is 5.75 Å². The highest BCUT2D eigenvalue weighted by molar-refractivity contribution is 6.33. The fourth-order valence-corrected chi connectivity index (χ4v) is 2.59. The van der Waals surface area contributed by atoms with Crippen molar-refractivity contribution in [1.29, 1.82) is 0 Å². The van der Waals surface area contributed by atoms with E-state index in [4.69, 9.17) is 21.1 Å². The summed E-state index contributed by atoms with van der Waals surface area (Å²) >= 11 is 5.70. The van der Waals surface area contributed by atoms with Crippen LogP contribution in [-0.2, 0) is 22.1 Å². The van der Waals surface area contributed by atoms with Crippen LogP contribution in [0.25, 0.3) is 0 Å². The third-order valence-corrected chi connectivity index (χ3v) is 3.97. The van der Waals surface area contributed by atoms with Gasteiger partial charge in [0.05, 0.1) is 22.8 Å². The van der Waals surface area contributed by atoms with Gasteiger partial charge in [-0.05, 0) is 29.8 Å².